The largest absolute Gasteiger partial charge is 0.451 e. The van der Waals surface area contributed by atoms with Crippen LogP contribution in [0.3, 0.4) is 0 Å². The first-order valence-corrected chi connectivity index (χ1v) is 10.7. The van der Waals surface area contributed by atoms with Crippen molar-refractivity contribution in [2.24, 2.45) is 0 Å². The maximum atomic E-state index is 13.1. The fraction of sp³-hybridized carbons (Fsp3) is 0.478. The Morgan fingerprint density at radius 2 is 1.61 bits per heavy atom. The van der Waals surface area contributed by atoms with Crippen LogP contribution in [0, 0.1) is 5.82 Å². The maximum absolute atomic E-state index is 13.1. The number of carbonyl (C=O) groups is 2. The summed E-state index contributed by atoms with van der Waals surface area (Å²) in [7, 11) is 0. The lowest BCUT2D eigenvalue weighted by Gasteiger charge is -2.40. The summed E-state index contributed by atoms with van der Waals surface area (Å²) in [5.41, 5.74) is 0.705. The Bertz CT molecular complexity index is 921. The standard InChI is InChI=1S/C23H28FN3O4/c1-16(28)25-12-14-26(15-13-25)19-8-10-27(11-9-20(19)29)23(30)22-7-6-21(31-22)17-2-4-18(24)5-3-17/h2-7,19-20,29H,8-15H2,1H3/t19-,20-/m0/s1. The molecular weight excluding hydrogens is 401 g/mol. The van der Waals surface area contributed by atoms with Crippen LogP contribution in [0.5, 0.6) is 0 Å². The van der Waals surface area contributed by atoms with E-state index in [0.29, 0.717) is 50.3 Å². The topological polar surface area (TPSA) is 77.2 Å². The zero-order chi connectivity index (χ0) is 22.0. The number of carbonyl (C=O) groups excluding carboxylic acids is 2. The second kappa shape index (κ2) is 9.20. The van der Waals surface area contributed by atoms with Crippen molar-refractivity contribution in [2.45, 2.75) is 31.9 Å². The van der Waals surface area contributed by atoms with E-state index in [1.165, 1.54) is 12.1 Å². The first-order valence-electron chi connectivity index (χ1n) is 10.7. The van der Waals surface area contributed by atoms with Gasteiger partial charge in [0.1, 0.15) is 11.6 Å². The van der Waals surface area contributed by atoms with E-state index in [9.17, 15) is 19.1 Å². The molecule has 0 radical (unpaired) electrons. The number of benzene rings is 1. The van der Waals surface area contributed by atoms with Gasteiger partial charge < -0.3 is 19.3 Å². The average Bonchev–Trinajstić information content (AvgIpc) is 3.18. The first-order chi connectivity index (χ1) is 14.9. The Kier molecular flexibility index (Phi) is 6.38. The van der Waals surface area contributed by atoms with E-state index < -0.39 is 6.10 Å². The Morgan fingerprint density at radius 3 is 2.29 bits per heavy atom. The van der Waals surface area contributed by atoms with Crippen molar-refractivity contribution in [3.05, 3.63) is 48.0 Å². The molecule has 2 saturated heterocycles. The van der Waals surface area contributed by atoms with Crippen LogP contribution in [-0.2, 0) is 4.79 Å². The van der Waals surface area contributed by atoms with Crippen molar-refractivity contribution in [1.82, 2.24) is 14.7 Å². The van der Waals surface area contributed by atoms with Gasteiger partial charge in [-0.25, -0.2) is 4.39 Å². The molecule has 2 aliphatic rings. The number of hydrogen-bond donors (Lipinski definition) is 1. The molecule has 2 amide bonds. The second-order valence-electron chi connectivity index (χ2n) is 8.22. The summed E-state index contributed by atoms with van der Waals surface area (Å²) < 4.78 is 18.9. The number of rotatable bonds is 3. The molecular formula is C23H28FN3O4. The van der Waals surface area contributed by atoms with Crippen molar-refractivity contribution < 1.29 is 23.5 Å². The zero-order valence-electron chi connectivity index (χ0n) is 17.7. The predicted octanol–water partition coefficient (Wildman–Crippen LogP) is 2.22. The normalized spacial score (nSPS) is 22.9. The van der Waals surface area contributed by atoms with Gasteiger partial charge in [-0.1, -0.05) is 0 Å². The van der Waals surface area contributed by atoms with Gasteiger partial charge in [0, 0.05) is 57.8 Å². The molecule has 1 aromatic carbocycles. The van der Waals surface area contributed by atoms with E-state index in [-0.39, 0.29) is 29.4 Å². The van der Waals surface area contributed by atoms with E-state index in [0.717, 1.165) is 13.1 Å². The number of hydrogen-bond acceptors (Lipinski definition) is 5. The molecule has 7 nitrogen and oxygen atoms in total. The third kappa shape index (κ3) is 4.80. The predicted molar refractivity (Wildman–Crippen MR) is 113 cm³/mol. The molecule has 0 spiro atoms. The number of aliphatic hydroxyl groups is 1. The Labute approximate surface area is 181 Å². The fourth-order valence-electron chi connectivity index (χ4n) is 4.45. The molecule has 2 atom stereocenters. The number of aliphatic hydroxyl groups excluding tert-OH is 1. The average molecular weight is 429 g/mol. The van der Waals surface area contributed by atoms with Gasteiger partial charge in [-0.05, 0) is 49.2 Å². The van der Waals surface area contributed by atoms with Crippen molar-refractivity contribution in [1.29, 1.82) is 0 Å². The molecule has 4 rings (SSSR count). The van der Waals surface area contributed by atoms with Crippen molar-refractivity contribution in [2.75, 3.05) is 39.3 Å². The van der Waals surface area contributed by atoms with Crippen LogP contribution in [-0.4, -0.2) is 83.0 Å². The summed E-state index contributed by atoms with van der Waals surface area (Å²) >= 11 is 0. The third-order valence-corrected chi connectivity index (χ3v) is 6.30. The number of furan rings is 1. The van der Waals surface area contributed by atoms with Gasteiger partial charge in [0.25, 0.3) is 5.91 Å². The van der Waals surface area contributed by atoms with E-state index in [1.54, 1.807) is 36.1 Å². The van der Waals surface area contributed by atoms with Gasteiger partial charge in [-0.3, -0.25) is 14.5 Å². The molecule has 3 heterocycles. The Hall–Kier alpha value is -2.71. The molecule has 0 saturated carbocycles. The van der Waals surface area contributed by atoms with Crippen molar-refractivity contribution >= 4 is 11.8 Å². The first kappa shape index (κ1) is 21.5. The second-order valence-corrected chi connectivity index (χ2v) is 8.22. The number of amides is 2. The monoisotopic (exact) mass is 429 g/mol. The quantitative estimate of drug-likeness (QED) is 0.810. The summed E-state index contributed by atoms with van der Waals surface area (Å²) in [6, 6.07) is 9.25. The Morgan fingerprint density at radius 1 is 0.935 bits per heavy atom. The molecule has 1 N–H and O–H groups in total. The van der Waals surface area contributed by atoms with Gasteiger partial charge in [0.05, 0.1) is 6.10 Å². The number of likely N-dealkylation sites (tertiary alicyclic amines) is 1. The van der Waals surface area contributed by atoms with Crippen LogP contribution in [0.2, 0.25) is 0 Å². The summed E-state index contributed by atoms with van der Waals surface area (Å²) in [6.07, 6.45) is 0.640. The van der Waals surface area contributed by atoms with Crippen LogP contribution in [0.15, 0.2) is 40.8 Å². The highest BCUT2D eigenvalue weighted by Crippen LogP contribution is 2.25. The lowest BCUT2D eigenvalue weighted by atomic mass is 10.0. The van der Waals surface area contributed by atoms with Crippen molar-refractivity contribution in [3.63, 3.8) is 0 Å². The van der Waals surface area contributed by atoms with Gasteiger partial charge in [-0.2, -0.15) is 0 Å². The van der Waals surface area contributed by atoms with E-state index >= 15 is 0 Å². The third-order valence-electron chi connectivity index (χ3n) is 6.30. The molecule has 1 aromatic heterocycles. The van der Waals surface area contributed by atoms with Gasteiger partial charge in [0.15, 0.2) is 5.76 Å². The molecule has 2 fully saturated rings. The van der Waals surface area contributed by atoms with Crippen LogP contribution < -0.4 is 0 Å². The van der Waals surface area contributed by atoms with E-state index in [2.05, 4.69) is 4.90 Å². The Balaban J connectivity index is 1.38. The maximum Gasteiger partial charge on any atom is 0.289 e. The molecule has 2 aliphatic heterocycles. The fourth-order valence-corrected chi connectivity index (χ4v) is 4.45. The number of halogens is 1. The minimum Gasteiger partial charge on any atom is -0.451 e. The van der Waals surface area contributed by atoms with Crippen LogP contribution in [0.4, 0.5) is 4.39 Å². The minimum absolute atomic E-state index is 0.0294. The molecule has 166 valence electrons. The van der Waals surface area contributed by atoms with Gasteiger partial charge >= 0.3 is 0 Å². The highest BCUT2D eigenvalue weighted by atomic mass is 19.1. The molecule has 0 aliphatic carbocycles. The lowest BCUT2D eigenvalue weighted by Crippen LogP contribution is -2.54. The van der Waals surface area contributed by atoms with Gasteiger partial charge in [-0.15, -0.1) is 0 Å². The summed E-state index contributed by atoms with van der Waals surface area (Å²) in [5, 5.41) is 10.7. The minimum atomic E-state index is -0.520. The van der Waals surface area contributed by atoms with Crippen LogP contribution in [0.25, 0.3) is 11.3 Å². The van der Waals surface area contributed by atoms with Crippen LogP contribution in [0.1, 0.15) is 30.3 Å². The smallest absolute Gasteiger partial charge is 0.289 e. The van der Waals surface area contributed by atoms with Crippen molar-refractivity contribution in [3.8, 4) is 11.3 Å². The SMILES string of the molecule is CC(=O)N1CCN([C@H]2CCN(C(=O)c3ccc(-c4ccc(F)cc4)o3)CC[C@@H]2O)CC1. The van der Waals surface area contributed by atoms with E-state index in [1.807, 2.05) is 4.90 Å². The highest BCUT2D eigenvalue weighted by molar-refractivity contribution is 5.92. The molecule has 8 heteroatoms. The van der Waals surface area contributed by atoms with E-state index in [4.69, 9.17) is 4.42 Å². The molecule has 31 heavy (non-hydrogen) atoms. The number of nitrogens with zero attached hydrogens (tertiary/aromatic N) is 3. The zero-order valence-corrected chi connectivity index (χ0v) is 17.7. The molecule has 0 bridgehead atoms. The summed E-state index contributed by atoms with van der Waals surface area (Å²) in [5.74, 6) is 0.299. The summed E-state index contributed by atoms with van der Waals surface area (Å²) in [4.78, 5) is 30.3. The lowest BCUT2D eigenvalue weighted by molar-refractivity contribution is -0.131. The van der Waals surface area contributed by atoms with Crippen LogP contribution >= 0.6 is 0 Å². The molecule has 0 unspecified atom stereocenters. The highest BCUT2D eigenvalue weighted by Gasteiger charge is 2.33. The number of piperazine rings is 1. The summed E-state index contributed by atoms with van der Waals surface area (Å²) in [6.45, 7) is 5.36. The molecule has 2 aromatic rings. The van der Waals surface area contributed by atoms with Gasteiger partial charge in [0.2, 0.25) is 5.91 Å².